The van der Waals surface area contributed by atoms with E-state index in [-0.39, 0.29) is 19.1 Å². The first kappa shape index (κ1) is 19.2. The molecule has 1 unspecified atom stereocenters. The van der Waals surface area contributed by atoms with Gasteiger partial charge in [0.15, 0.2) is 5.60 Å². The van der Waals surface area contributed by atoms with Gasteiger partial charge in [0.05, 0.1) is 0 Å². The fourth-order valence-corrected chi connectivity index (χ4v) is 3.20. The normalized spacial score (nSPS) is 15.6. The molecule has 0 aliphatic heterocycles. The SMILES string of the molecule is CC(O)(CCNC(=O)OCC1c2ccccc2-c2ccccc21)C(F)(F)F. The smallest absolute Gasteiger partial charge is 0.416 e. The van der Waals surface area contributed by atoms with E-state index in [4.69, 9.17) is 4.74 Å². The molecular formula is C20H20F3NO3. The third kappa shape index (κ3) is 3.93. The third-order valence-electron chi connectivity index (χ3n) is 4.84. The topological polar surface area (TPSA) is 58.6 Å². The van der Waals surface area contributed by atoms with Gasteiger partial charge in [0, 0.05) is 18.9 Å². The van der Waals surface area contributed by atoms with Crippen LogP contribution in [0.1, 0.15) is 30.4 Å². The van der Waals surface area contributed by atoms with Crippen LogP contribution in [0.2, 0.25) is 0 Å². The maximum absolute atomic E-state index is 12.6. The van der Waals surface area contributed by atoms with Gasteiger partial charge in [0.25, 0.3) is 0 Å². The fourth-order valence-electron chi connectivity index (χ4n) is 3.20. The van der Waals surface area contributed by atoms with Gasteiger partial charge in [-0.1, -0.05) is 48.5 Å². The number of fused-ring (bicyclic) bond motifs is 3. The Morgan fingerprint density at radius 1 is 1.07 bits per heavy atom. The number of aliphatic hydroxyl groups is 1. The molecule has 0 heterocycles. The number of hydrogen-bond acceptors (Lipinski definition) is 3. The molecular weight excluding hydrogens is 359 g/mol. The van der Waals surface area contributed by atoms with Crippen LogP contribution < -0.4 is 5.32 Å². The number of benzene rings is 2. The number of amides is 1. The van der Waals surface area contributed by atoms with Crippen molar-refractivity contribution < 1.29 is 27.8 Å². The van der Waals surface area contributed by atoms with Gasteiger partial charge in [-0.3, -0.25) is 0 Å². The molecule has 0 bridgehead atoms. The summed E-state index contributed by atoms with van der Waals surface area (Å²) in [6.07, 6.45) is -6.22. The lowest BCUT2D eigenvalue weighted by atomic mass is 9.98. The predicted octanol–water partition coefficient (Wildman–Crippen LogP) is 4.23. The van der Waals surface area contributed by atoms with E-state index in [1.54, 1.807) is 0 Å². The summed E-state index contributed by atoms with van der Waals surface area (Å²) < 4.78 is 43.0. The summed E-state index contributed by atoms with van der Waals surface area (Å²) in [5.41, 5.74) is 1.41. The molecule has 2 aromatic carbocycles. The number of carbonyl (C=O) groups is 1. The molecule has 0 saturated heterocycles. The molecule has 3 rings (SSSR count). The van der Waals surface area contributed by atoms with E-state index >= 15 is 0 Å². The Morgan fingerprint density at radius 2 is 1.59 bits per heavy atom. The van der Waals surface area contributed by atoms with Crippen LogP contribution in [0.25, 0.3) is 11.1 Å². The average molecular weight is 379 g/mol. The fraction of sp³-hybridized carbons (Fsp3) is 0.350. The predicted molar refractivity (Wildman–Crippen MR) is 94.4 cm³/mol. The molecule has 0 saturated carbocycles. The lowest BCUT2D eigenvalue weighted by molar-refractivity contribution is -0.254. The van der Waals surface area contributed by atoms with Crippen LogP contribution in [0.5, 0.6) is 0 Å². The van der Waals surface area contributed by atoms with Crippen molar-refractivity contribution in [2.45, 2.75) is 31.0 Å². The van der Waals surface area contributed by atoms with Crippen molar-refractivity contribution in [2.24, 2.45) is 0 Å². The summed E-state index contributed by atoms with van der Waals surface area (Å²) in [7, 11) is 0. The molecule has 7 heteroatoms. The maximum Gasteiger partial charge on any atom is 0.416 e. The Morgan fingerprint density at radius 3 is 2.11 bits per heavy atom. The van der Waals surface area contributed by atoms with E-state index in [1.807, 2.05) is 48.5 Å². The lowest BCUT2D eigenvalue weighted by Crippen LogP contribution is -2.44. The second-order valence-corrected chi connectivity index (χ2v) is 6.77. The number of rotatable bonds is 5. The van der Waals surface area contributed by atoms with Gasteiger partial charge in [-0.05, 0) is 29.2 Å². The zero-order chi connectivity index (χ0) is 19.7. The first-order chi connectivity index (χ1) is 12.7. The van der Waals surface area contributed by atoms with Gasteiger partial charge in [-0.15, -0.1) is 0 Å². The second-order valence-electron chi connectivity index (χ2n) is 6.77. The zero-order valence-electron chi connectivity index (χ0n) is 14.7. The van der Waals surface area contributed by atoms with E-state index < -0.39 is 24.3 Å². The van der Waals surface area contributed by atoms with Crippen molar-refractivity contribution >= 4 is 6.09 Å². The molecule has 0 aromatic heterocycles. The number of alkyl halides is 3. The molecule has 2 N–H and O–H groups in total. The van der Waals surface area contributed by atoms with Crippen LogP contribution in [0.3, 0.4) is 0 Å². The molecule has 1 aliphatic carbocycles. The Hall–Kier alpha value is -2.54. The minimum atomic E-state index is -4.75. The van der Waals surface area contributed by atoms with E-state index in [9.17, 15) is 23.1 Å². The van der Waals surface area contributed by atoms with E-state index in [1.165, 1.54) is 0 Å². The van der Waals surface area contributed by atoms with E-state index in [2.05, 4.69) is 5.32 Å². The van der Waals surface area contributed by atoms with Gasteiger partial charge in [0.1, 0.15) is 6.61 Å². The summed E-state index contributed by atoms with van der Waals surface area (Å²) in [5, 5.41) is 11.6. The van der Waals surface area contributed by atoms with E-state index in [0.717, 1.165) is 22.3 Å². The summed E-state index contributed by atoms with van der Waals surface area (Å²) in [6, 6.07) is 15.7. The minimum absolute atomic E-state index is 0.0789. The number of hydrogen-bond donors (Lipinski definition) is 2. The summed E-state index contributed by atoms with van der Waals surface area (Å²) in [6.45, 7) is 0.408. The highest BCUT2D eigenvalue weighted by atomic mass is 19.4. The lowest BCUT2D eigenvalue weighted by Gasteiger charge is -2.26. The van der Waals surface area contributed by atoms with Crippen LogP contribution in [-0.4, -0.2) is 36.1 Å². The van der Waals surface area contributed by atoms with Crippen molar-refractivity contribution in [1.29, 1.82) is 0 Å². The molecule has 0 radical (unpaired) electrons. The van der Waals surface area contributed by atoms with Crippen LogP contribution in [0.15, 0.2) is 48.5 Å². The number of nitrogens with one attached hydrogen (secondary N) is 1. The molecule has 1 atom stereocenters. The third-order valence-corrected chi connectivity index (χ3v) is 4.84. The van der Waals surface area contributed by atoms with Crippen LogP contribution in [0, 0.1) is 0 Å². The largest absolute Gasteiger partial charge is 0.449 e. The Kier molecular flexibility index (Phi) is 5.15. The number of halogens is 3. The highest BCUT2D eigenvalue weighted by Gasteiger charge is 2.49. The number of alkyl carbamates (subject to hydrolysis) is 1. The van der Waals surface area contributed by atoms with Crippen molar-refractivity contribution in [3.05, 3.63) is 59.7 Å². The van der Waals surface area contributed by atoms with Crippen LogP contribution in [-0.2, 0) is 4.74 Å². The maximum atomic E-state index is 12.6. The molecule has 4 nitrogen and oxygen atoms in total. The number of ether oxygens (including phenoxy) is 1. The van der Waals surface area contributed by atoms with Gasteiger partial charge in [-0.25, -0.2) is 4.79 Å². The molecule has 1 amide bonds. The molecule has 0 spiro atoms. The highest BCUT2D eigenvalue weighted by Crippen LogP contribution is 2.44. The zero-order valence-corrected chi connectivity index (χ0v) is 14.7. The summed E-state index contributed by atoms with van der Waals surface area (Å²) in [5.74, 6) is -0.124. The first-order valence-electron chi connectivity index (χ1n) is 8.58. The van der Waals surface area contributed by atoms with Crippen molar-refractivity contribution in [3.8, 4) is 11.1 Å². The average Bonchev–Trinajstić information content (AvgIpc) is 2.93. The van der Waals surface area contributed by atoms with Crippen molar-refractivity contribution in [1.82, 2.24) is 5.32 Å². The molecule has 144 valence electrons. The molecule has 1 aliphatic rings. The number of carbonyl (C=O) groups excluding carboxylic acids is 1. The van der Waals surface area contributed by atoms with Gasteiger partial charge in [0.2, 0.25) is 0 Å². The van der Waals surface area contributed by atoms with Crippen molar-refractivity contribution in [2.75, 3.05) is 13.2 Å². The second kappa shape index (κ2) is 7.23. The molecule has 27 heavy (non-hydrogen) atoms. The first-order valence-corrected chi connectivity index (χ1v) is 8.58. The van der Waals surface area contributed by atoms with Gasteiger partial charge < -0.3 is 15.2 Å². The standard InChI is InChI=1S/C20H20F3NO3/c1-19(26,20(21,22)23)10-11-24-18(25)27-12-17-15-8-4-2-6-13(15)14-7-3-5-9-16(14)17/h2-9,17,26H,10-12H2,1H3,(H,24,25). The van der Waals surface area contributed by atoms with E-state index in [0.29, 0.717) is 6.92 Å². The Bertz CT molecular complexity index is 788. The van der Waals surface area contributed by atoms with Gasteiger partial charge >= 0.3 is 12.3 Å². The monoisotopic (exact) mass is 379 g/mol. The summed E-state index contributed by atoms with van der Waals surface area (Å²) in [4.78, 5) is 11.9. The molecule has 0 fully saturated rings. The Balaban J connectivity index is 1.58. The Labute approximate surface area is 155 Å². The minimum Gasteiger partial charge on any atom is -0.449 e. The van der Waals surface area contributed by atoms with Crippen molar-refractivity contribution in [3.63, 3.8) is 0 Å². The quantitative estimate of drug-likeness (QED) is 0.818. The molecule has 2 aromatic rings. The van der Waals surface area contributed by atoms with Gasteiger partial charge in [-0.2, -0.15) is 13.2 Å². The van der Waals surface area contributed by atoms with Crippen LogP contribution >= 0.6 is 0 Å². The van der Waals surface area contributed by atoms with Crippen LogP contribution in [0.4, 0.5) is 18.0 Å². The summed E-state index contributed by atoms with van der Waals surface area (Å²) >= 11 is 0. The highest BCUT2D eigenvalue weighted by molar-refractivity contribution is 5.79.